The molecule has 1 aromatic heterocycles. The largest absolute Gasteiger partial charge is 0.466 e. The van der Waals surface area contributed by atoms with Gasteiger partial charge in [0.05, 0.1) is 18.3 Å². The van der Waals surface area contributed by atoms with Crippen LogP contribution in [0.15, 0.2) is 11.2 Å². The molecule has 7 nitrogen and oxygen atoms in total. The van der Waals surface area contributed by atoms with Crippen molar-refractivity contribution in [2.75, 3.05) is 43.4 Å². The summed E-state index contributed by atoms with van der Waals surface area (Å²) in [7, 11) is 0. The van der Waals surface area contributed by atoms with Crippen molar-refractivity contribution >= 4 is 41.1 Å². The van der Waals surface area contributed by atoms with E-state index in [4.69, 9.17) is 16.3 Å². The first-order valence-electron chi connectivity index (χ1n) is 10.3. The first-order chi connectivity index (χ1) is 14.0. The molecule has 0 bridgehead atoms. The highest BCUT2D eigenvalue weighted by molar-refractivity contribution is 7.99. The summed E-state index contributed by atoms with van der Waals surface area (Å²) in [5.74, 6) is 1.62. The fraction of sp³-hybridized carbons (Fsp3) is 0.700. The highest BCUT2D eigenvalue weighted by atomic mass is 35.5. The molecule has 0 spiro atoms. The topological polar surface area (TPSA) is 75.6 Å². The molecule has 0 N–H and O–H groups in total. The van der Waals surface area contributed by atoms with Gasteiger partial charge >= 0.3 is 5.97 Å². The molecule has 2 saturated heterocycles. The van der Waals surface area contributed by atoms with Crippen molar-refractivity contribution in [1.82, 2.24) is 14.9 Å². The Bertz CT molecular complexity index is 720. The van der Waals surface area contributed by atoms with Crippen LogP contribution >= 0.6 is 23.4 Å². The number of aromatic nitrogens is 2. The maximum Gasteiger partial charge on any atom is 0.309 e. The molecule has 2 aliphatic heterocycles. The van der Waals surface area contributed by atoms with Crippen molar-refractivity contribution in [3.05, 3.63) is 11.2 Å². The number of hydrogen-bond donors (Lipinski definition) is 0. The van der Waals surface area contributed by atoms with Gasteiger partial charge < -0.3 is 14.5 Å². The minimum atomic E-state index is -0.152. The summed E-state index contributed by atoms with van der Waals surface area (Å²) in [5.41, 5.74) is 0. The van der Waals surface area contributed by atoms with Crippen molar-refractivity contribution in [2.24, 2.45) is 11.8 Å². The summed E-state index contributed by atoms with van der Waals surface area (Å²) >= 11 is 7.52. The number of thioether (sulfide) groups is 1. The molecule has 1 aromatic rings. The standard InChI is InChI=1S/C20H29ClN4O3S/c1-3-28-19(27)15-6-10-25(11-7-15)18(26)13-29-20-22-16(21)12-17(23-20)24-8-4-14(2)5-9-24/h12,14-15H,3-11,13H2,1-2H3. The Labute approximate surface area is 181 Å². The Balaban J connectivity index is 1.51. The molecule has 3 rings (SSSR count). The summed E-state index contributed by atoms with van der Waals surface area (Å²) in [4.78, 5) is 37.3. The van der Waals surface area contributed by atoms with Crippen molar-refractivity contribution in [3.63, 3.8) is 0 Å². The van der Waals surface area contributed by atoms with E-state index in [-0.39, 0.29) is 23.5 Å². The maximum atomic E-state index is 12.6. The van der Waals surface area contributed by atoms with E-state index in [0.29, 0.717) is 42.8 Å². The monoisotopic (exact) mass is 440 g/mol. The number of amides is 1. The molecule has 2 aliphatic rings. The first kappa shape index (κ1) is 22.2. The number of carbonyl (C=O) groups excluding carboxylic acids is 2. The zero-order valence-electron chi connectivity index (χ0n) is 17.1. The van der Waals surface area contributed by atoms with E-state index < -0.39 is 0 Å². The van der Waals surface area contributed by atoms with E-state index in [1.807, 2.05) is 6.92 Å². The van der Waals surface area contributed by atoms with Crippen LogP contribution in [0, 0.1) is 11.8 Å². The molecular weight excluding hydrogens is 412 g/mol. The fourth-order valence-corrected chi connectivity index (χ4v) is 4.68. The van der Waals surface area contributed by atoms with Crippen molar-refractivity contribution in [2.45, 2.75) is 44.7 Å². The number of piperidine rings is 2. The third-order valence-electron chi connectivity index (χ3n) is 5.56. The van der Waals surface area contributed by atoms with Crippen molar-refractivity contribution in [3.8, 4) is 0 Å². The Morgan fingerprint density at radius 3 is 2.52 bits per heavy atom. The Morgan fingerprint density at radius 2 is 1.86 bits per heavy atom. The van der Waals surface area contributed by atoms with Gasteiger partial charge in [-0.25, -0.2) is 9.97 Å². The quantitative estimate of drug-likeness (QED) is 0.291. The number of ether oxygens (including phenoxy) is 1. The number of carbonyl (C=O) groups is 2. The smallest absolute Gasteiger partial charge is 0.309 e. The minimum Gasteiger partial charge on any atom is -0.466 e. The number of likely N-dealkylation sites (tertiary alicyclic amines) is 1. The second kappa shape index (κ2) is 10.5. The van der Waals surface area contributed by atoms with Crippen LogP contribution in [-0.4, -0.2) is 65.3 Å². The first-order valence-corrected chi connectivity index (χ1v) is 11.7. The van der Waals surface area contributed by atoms with Gasteiger partial charge in [0.1, 0.15) is 11.0 Å². The molecule has 0 radical (unpaired) electrons. The van der Waals surface area contributed by atoms with Crippen LogP contribution in [0.2, 0.25) is 5.15 Å². The van der Waals surface area contributed by atoms with Gasteiger partial charge in [-0.3, -0.25) is 9.59 Å². The molecule has 0 unspecified atom stereocenters. The molecule has 0 atom stereocenters. The van der Waals surface area contributed by atoms with Gasteiger partial charge in [0.25, 0.3) is 0 Å². The third kappa shape index (κ3) is 6.22. The molecule has 160 valence electrons. The lowest BCUT2D eigenvalue weighted by Crippen LogP contribution is -2.41. The van der Waals surface area contributed by atoms with Crippen LogP contribution in [-0.2, 0) is 14.3 Å². The van der Waals surface area contributed by atoms with Crippen LogP contribution in [0.25, 0.3) is 0 Å². The summed E-state index contributed by atoms with van der Waals surface area (Å²) < 4.78 is 5.08. The number of hydrogen-bond acceptors (Lipinski definition) is 7. The normalized spacial score (nSPS) is 18.7. The fourth-order valence-electron chi connectivity index (χ4n) is 3.69. The van der Waals surface area contributed by atoms with Crippen LogP contribution in [0.1, 0.15) is 39.5 Å². The number of esters is 1. The molecule has 0 saturated carbocycles. The summed E-state index contributed by atoms with van der Waals surface area (Å²) in [6, 6.07) is 1.80. The summed E-state index contributed by atoms with van der Waals surface area (Å²) in [5, 5.41) is 0.930. The molecule has 9 heteroatoms. The number of rotatable bonds is 6. The van der Waals surface area contributed by atoms with Gasteiger partial charge in [-0.1, -0.05) is 30.3 Å². The van der Waals surface area contributed by atoms with E-state index in [1.165, 1.54) is 11.8 Å². The third-order valence-corrected chi connectivity index (χ3v) is 6.59. The van der Waals surface area contributed by atoms with Gasteiger partial charge in [-0.05, 0) is 38.5 Å². The van der Waals surface area contributed by atoms with E-state index in [1.54, 1.807) is 11.0 Å². The summed E-state index contributed by atoms with van der Waals surface area (Å²) in [6.07, 6.45) is 3.59. The maximum absolute atomic E-state index is 12.6. The molecule has 29 heavy (non-hydrogen) atoms. The molecule has 1 amide bonds. The predicted molar refractivity (Wildman–Crippen MR) is 114 cm³/mol. The molecular formula is C20H29ClN4O3S. The van der Waals surface area contributed by atoms with E-state index >= 15 is 0 Å². The molecule has 0 aliphatic carbocycles. The predicted octanol–water partition coefficient (Wildman–Crippen LogP) is 3.26. The number of halogens is 1. The van der Waals surface area contributed by atoms with Gasteiger partial charge in [0, 0.05) is 32.2 Å². The Morgan fingerprint density at radius 1 is 1.17 bits per heavy atom. The van der Waals surface area contributed by atoms with E-state index in [2.05, 4.69) is 21.8 Å². The number of nitrogens with zero attached hydrogens (tertiary/aromatic N) is 4. The average Bonchev–Trinajstić information content (AvgIpc) is 2.72. The second-order valence-corrected chi connectivity index (χ2v) is 9.03. The lowest BCUT2D eigenvalue weighted by molar-refractivity contribution is -0.151. The Kier molecular flexibility index (Phi) is 8.00. The molecule has 0 aromatic carbocycles. The van der Waals surface area contributed by atoms with Gasteiger partial charge in [-0.2, -0.15) is 0 Å². The average molecular weight is 441 g/mol. The minimum absolute atomic E-state index is 0.0363. The second-order valence-electron chi connectivity index (χ2n) is 7.70. The SMILES string of the molecule is CCOC(=O)C1CCN(C(=O)CSc2nc(Cl)cc(N3CCC(C)CC3)n2)CC1. The highest BCUT2D eigenvalue weighted by Gasteiger charge is 2.28. The van der Waals surface area contributed by atoms with Gasteiger partial charge in [-0.15, -0.1) is 0 Å². The zero-order valence-corrected chi connectivity index (χ0v) is 18.7. The Hall–Kier alpha value is -1.54. The lowest BCUT2D eigenvalue weighted by Gasteiger charge is -2.31. The van der Waals surface area contributed by atoms with Gasteiger partial charge in [0.15, 0.2) is 5.16 Å². The van der Waals surface area contributed by atoms with Crippen LogP contribution in [0.4, 0.5) is 5.82 Å². The van der Waals surface area contributed by atoms with E-state index in [0.717, 1.165) is 37.7 Å². The zero-order chi connectivity index (χ0) is 20.8. The number of anilines is 1. The molecule has 2 fully saturated rings. The highest BCUT2D eigenvalue weighted by Crippen LogP contribution is 2.26. The van der Waals surface area contributed by atoms with Crippen LogP contribution in [0.5, 0.6) is 0 Å². The lowest BCUT2D eigenvalue weighted by atomic mass is 9.97. The van der Waals surface area contributed by atoms with Crippen LogP contribution in [0.3, 0.4) is 0 Å². The van der Waals surface area contributed by atoms with Crippen molar-refractivity contribution in [1.29, 1.82) is 0 Å². The van der Waals surface area contributed by atoms with E-state index in [9.17, 15) is 9.59 Å². The summed E-state index contributed by atoms with van der Waals surface area (Å²) in [6.45, 7) is 7.56. The van der Waals surface area contributed by atoms with Crippen LogP contribution < -0.4 is 4.90 Å². The molecule has 3 heterocycles. The van der Waals surface area contributed by atoms with Gasteiger partial charge in [0.2, 0.25) is 5.91 Å². The van der Waals surface area contributed by atoms with Crippen molar-refractivity contribution < 1.29 is 14.3 Å².